The minimum Gasteiger partial charge on any atom is -0.436 e. The third-order valence-corrected chi connectivity index (χ3v) is 6.91. The van der Waals surface area contributed by atoms with E-state index in [2.05, 4.69) is 31.4 Å². The Morgan fingerprint density at radius 1 is 1.28 bits per heavy atom. The first kappa shape index (κ1) is 24.7. The molecule has 2 aliphatic rings. The molecule has 8 nitrogen and oxygen atoms in total. The van der Waals surface area contributed by atoms with Gasteiger partial charge in [-0.25, -0.2) is 9.37 Å². The van der Waals surface area contributed by atoms with Crippen molar-refractivity contribution in [2.24, 2.45) is 10.9 Å². The van der Waals surface area contributed by atoms with E-state index in [9.17, 15) is 0 Å². The fraction of sp³-hybridized carbons (Fsp3) is 0.250. The van der Waals surface area contributed by atoms with Crippen molar-refractivity contribution in [3.63, 3.8) is 0 Å². The minimum absolute atomic E-state index is 0.00490. The second kappa shape index (κ2) is 10.2. The summed E-state index contributed by atoms with van der Waals surface area (Å²) < 4.78 is 23.2. The Bertz CT molecular complexity index is 1370. The molecule has 0 radical (unpaired) electrons. The molecule has 1 unspecified atom stereocenters. The van der Waals surface area contributed by atoms with Crippen molar-refractivity contribution in [1.29, 1.82) is 0 Å². The number of amidine groups is 1. The van der Waals surface area contributed by atoms with Crippen molar-refractivity contribution >= 4 is 56.6 Å². The number of hydrogen-bond donors (Lipinski definition) is 3. The van der Waals surface area contributed by atoms with Crippen LogP contribution < -0.4 is 21.5 Å². The molecular weight excluding hydrogens is 574 g/mol. The first-order valence-corrected chi connectivity index (χ1v) is 12.7. The van der Waals surface area contributed by atoms with Crippen LogP contribution in [-0.2, 0) is 11.3 Å². The number of rotatable bonds is 7. The van der Waals surface area contributed by atoms with Crippen molar-refractivity contribution in [3.8, 4) is 5.75 Å². The summed E-state index contributed by atoms with van der Waals surface area (Å²) in [5, 5.41) is 8.18. The van der Waals surface area contributed by atoms with Crippen molar-refractivity contribution < 1.29 is 14.0 Å². The van der Waals surface area contributed by atoms with E-state index in [4.69, 9.17) is 44.2 Å². The maximum absolute atomic E-state index is 15.1. The monoisotopic (exact) mass is 594 g/mol. The van der Waals surface area contributed by atoms with Crippen molar-refractivity contribution in [2.75, 3.05) is 12.3 Å². The third-order valence-electron chi connectivity index (χ3n) is 5.89. The molecule has 5 rings (SSSR count). The standard InChI is InChI=1S/C24H22BrCl2FN6O2/c25-14-7-6-13(17(26)9-14)8-15-11-35-33-23(31-15)21(34-10-19(27)32-24(34)30)22(29)36-18-3-1-2-16(20(18)28)12-4-5-12/h1-3,6-7,9-10,12,15H,4-5,8,11,29H2,(H2,30,32)(H,31,33)/b22-21+. The first-order chi connectivity index (χ1) is 17.3. The molecule has 188 valence electrons. The maximum Gasteiger partial charge on any atom is 0.219 e. The predicted molar refractivity (Wildman–Crippen MR) is 141 cm³/mol. The summed E-state index contributed by atoms with van der Waals surface area (Å²) in [5.41, 5.74) is 14.2. The van der Waals surface area contributed by atoms with Gasteiger partial charge < -0.3 is 26.4 Å². The molecule has 2 heterocycles. The van der Waals surface area contributed by atoms with E-state index in [0.717, 1.165) is 22.9 Å². The number of oxime groups is 1. The second-order valence-electron chi connectivity index (χ2n) is 8.56. The van der Waals surface area contributed by atoms with Crippen LogP contribution in [0, 0.1) is 5.82 Å². The fourth-order valence-corrected chi connectivity index (χ4v) is 4.94. The van der Waals surface area contributed by atoms with Crippen LogP contribution in [0.4, 0.5) is 10.3 Å². The van der Waals surface area contributed by atoms with Gasteiger partial charge in [0.1, 0.15) is 11.8 Å². The number of nitrogen functional groups attached to an aromatic ring is 1. The van der Waals surface area contributed by atoms with Gasteiger partial charge in [-0.1, -0.05) is 62.5 Å². The van der Waals surface area contributed by atoms with Crippen LogP contribution in [0.25, 0.3) is 5.70 Å². The maximum atomic E-state index is 15.1. The van der Waals surface area contributed by atoms with Crippen molar-refractivity contribution in [1.82, 2.24) is 14.9 Å². The van der Waals surface area contributed by atoms with Gasteiger partial charge in [0.2, 0.25) is 11.8 Å². The van der Waals surface area contributed by atoms with Crippen LogP contribution >= 0.6 is 39.1 Å². The van der Waals surface area contributed by atoms with Gasteiger partial charge in [0.05, 0.1) is 12.2 Å². The zero-order valence-electron chi connectivity index (χ0n) is 18.8. The molecule has 1 aliphatic heterocycles. The zero-order valence-corrected chi connectivity index (χ0v) is 21.9. The zero-order chi connectivity index (χ0) is 25.4. The van der Waals surface area contributed by atoms with E-state index in [1.165, 1.54) is 16.8 Å². The lowest BCUT2D eigenvalue weighted by molar-refractivity contribution is 0.109. The normalized spacial score (nSPS) is 18.1. The topological polar surface area (TPSA) is 113 Å². The molecule has 2 aromatic carbocycles. The highest BCUT2D eigenvalue weighted by molar-refractivity contribution is 9.10. The molecule has 3 aromatic rings. The number of aromatic nitrogens is 2. The smallest absolute Gasteiger partial charge is 0.219 e. The number of halogens is 4. The third kappa shape index (κ3) is 5.25. The number of nitrogens with zero attached hydrogens (tertiary/aromatic N) is 3. The van der Waals surface area contributed by atoms with E-state index in [1.54, 1.807) is 12.1 Å². The Kier molecular flexibility index (Phi) is 7.00. The number of nitrogens with two attached hydrogens (primary N) is 2. The Labute approximate surface area is 225 Å². The van der Waals surface area contributed by atoms with Crippen LogP contribution in [-0.4, -0.2) is 28.0 Å². The van der Waals surface area contributed by atoms with E-state index in [-0.39, 0.29) is 52.8 Å². The number of imidazole rings is 1. The highest BCUT2D eigenvalue weighted by Crippen LogP contribution is 2.43. The van der Waals surface area contributed by atoms with Crippen molar-refractivity contribution in [2.45, 2.75) is 31.2 Å². The number of nitrogens with one attached hydrogen (secondary N) is 1. The summed E-state index contributed by atoms with van der Waals surface area (Å²) in [6.45, 7) is 0.280. The number of anilines is 1. The molecule has 0 spiro atoms. The van der Waals surface area contributed by atoms with Gasteiger partial charge in [0, 0.05) is 9.50 Å². The summed E-state index contributed by atoms with van der Waals surface area (Å²) >= 11 is 15.9. The second-order valence-corrected chi connectivity index (χ2v) is 10.3. The average molecular weight is 596 g/mol. The number of benzene rings is 2. The van der Waals surface area contributed by atoms with Crippen LogP contribution in [0.2, 0.25) is 10.2 Å². The molecule has 1 fully saturated rings. The molecule has 1 atom stereocenters. The molecule has 36 heavy (non-hydrogen) atoms. The molecule has 12 heteroatoms. The van der Waals surface area contributed by atoms with Crippen LogP contribution in [0.1, 0.15) is 29.9 Å². The predicted octanol–water partition coefficient (Wildman–Crippen LogP) is 5.26. The number of hydrogen-bond acceptors (Lipinski definition) is 7. The lowest BCUT2D eigenvalue weighted by Crippen LogP contribution is -2.45. The molecule has 0 amide bonds. The van der Waals surface area contributed by atoms with E-state index in [0.29, 0.717) is 17.0 Å². The lowest BCUT2D eigenvalue weighted by atomic mass is 10.1. The van der Waals surface area contributed by atoms with E-state index in [1.807, 2.05) is 18.2 Å². The lowest BCUT2D eigenvalue weighted by Gasteiger charge is -2.26. The summed E-state index contributed by atoms with van der Waals surface area (Å²) in [6, 6.07) is 10.5. The Hall–Kier alpha value is -2.95. The first-order valence-electron chi connectivity index (χ1n) is 11.2. The highest BCUT2D eigenvalue weighted by Gasteiger charge is 2.30. The summed E-state index contributed by atoms with van der Waals surface area (Å²) in [7, 11) is 0. The SMILES string of the molecule is N/C(Oc1cccc(C2CC2)c1F)=C(/C1=NOCC(Cc2ccc(Br)cc2Cl)N1)n1cc(Cl)nc1N. The largest absolute Gasteiger partial charge is 0.436 e. The van der Waals surface area contributed by atoms with Gasteiger partial charge in [-0.3, -0.25) is 4.57 Å². The fourth-order valence-electron chi connectivity index (χ4n) is 4.00. The molecule has 0 bridgehead atoms. The Morgan fingerprint density at radius 2 is 2.08 bits per heavy atom. The van der Waals surface area contributed by atoms with E-state index >= 15 is 4.39 Å². The molecular formula is C24H22BrCl2FN6O2. The van der Waals surface area contributed by atoms with Gasteiger partial charge in [0.25, 0.3) is 0 Å². The molecule has 1 aromatic heterocycles. The van der Waals surface area contributed by atoms with E-state index < -0.39 is 5.82 Å². The minimum atomic E-state index is -0.448. The quantitative estimate of drug-likeness (QED) is 0.321. The summed E-state index contributed by atoms with van der Waals surface area (Å²) in [4.78, 5) is 9.54. The van der Waals surface area contributed by atoms with Gasteiger partial charge in [0.15, 0.2) is 23.1 Å². The summed E-state index contributed by atoms with van der Waals surface area (Å²) in [6.07, 6.45) is 3.89. The average Bonchev–Trinajstić information content (AvgIpc) is 3.62. The Balaban J connectivity index is 1.47. The molecule has 5 N–H and O–H groups in total. The number of ether oxygens (including phenoxy) is 1. The van der Waals surface area contributed by atoms with Crippen LogP contribution in [0.5, 0.6) is 5.75 Å². The van der Waals surface area contributed by atoms with Crippen LogP contribution in [0.3, 0.4) is 0 Å². The van der Waals surface area contributed by atoms with Gasteiger partial charge in [-0.2, -0.15) is 0 Å². The van der Waals surface area contributed by atoms with Gasteiger partial charge in [-0.05, 0) is 54.5 Å². The molecule has 0 saturated heterocycles. The summed E-state index contributed by atoms with van der Waals surface area (Å²) in [5.74, 6) is -0.163. The Morgan fingerprint density at radius 3 is 2.78 bits per heavy atom. The highest BCUT2D eigenvalue weighted by atomic mass is 79.9. The van der Waals surface area contributed by atoms with Crippen LogP contribution in [0.15, 0.2) is 58.1 Å². The van der Waals surface area contributed by atoms with Gasteiger partial charge in [-0.15, -0.1) is 0 Å². The van der Waals surface area contributed by atoms with Gasteiger partial charge >= 0.3 is 0 Å². The molecule has 1 aliphatic carbocycles. The molecule has 1 saturated carbocycles. The van der Waals surface area contributed by atoms with Crippen molar-refractivity contribution in [3.05, 3.63) is 80.1 Å².